The lowest BCUT2D eigenvalue weighted by Gasteiger charge is -2.25. The van der Waals surface area contributed by atoms with Crippen LogP contribution in [0.1, 0.15) is 37.7 Å². The molecule has 0 aliphatic carbocycles. The van der Waals surface area contributed by atoms with Gasteiger partial charge in [-0.1, -0.05) is 32.6 Å². The summed E-state index contributed by atoms with van der Waals surface area (Å²) in [5.41, 5.74) is 4.69. The molecule has 0 spiro atoms. The summed E-state index contributed by atoms with van der Waals surface area (Å²) >= 11 is 0. The van der Waals surface area contributed by atoms with E-state index in [4.69, 9.17) is 4.74 Å². The van der Waals surface area contributed by atoms with Crippen molar-refractivity contribution < 1.29 is 14.9 Å². The van der Waals surface area contributed by atoms with Crippen molar-refractivity contribution in [1.29, 1.82) is 0 Å². The van der Waals surface area contributed by atoms with E-state index in [1.807, 2.05) is 77.5 Å². The average Bonchev–Trinajstić information content (AvgIpc) is 2.89. The number of hydrogen-bond donors (Lipinski definition) is 2. The van der Waals surface area contributed by atoms with Gasteiger partial charge in [0.05, 0.1) is 11.9 Å². The number of rotatable bonds is 8. The molecule has 2 heterocycles. The SMILES string of the molecule is C=C(NCc1cc(F)cc(F)c1)c1cccc(Oc2ccnc(C3=CC(N(C)C)NC=C3)c2)c1C.CC.[HH]. The van der Waals surface area contributed by atoms with Crippen LogP contribution in [-0.4, -0.2) is 30.1 Å². The van der Waals surface area contributed by atoms with Crippen LogP contribution >= 0.6 is 0 Å². The monoisotopic (exact) mass is 506 g/mol. The molecule has 4 rings (SSSR count). The normalized spacial score (nSPS) is 14.3. The quantitative estimate of drug-likeness (QED) is 0.349. The zero-order valence-electron chi connectivity index (χ0n) is 22.0. The Balaban J connectivity index is 0.00000165. The van der Waals surface area contributed by atoms with Crippen LogP contribution in [0.4, 0.5) is 8.78 Å². The molecule has 5 nitrogen and oxygen atoms in total. The van der Waals surface area contributed by atoms with Crippen LogP contribution < -0.4 is 15.4 Å². The summed E-state index contributed by atoms with van der Waals surface area (Å²) in [6, 6.07) is 12.9. The molecule has 1 atom stereocenters. The maximum Gasteiger partial charge on any atom is 0.131 e. The Labute approximate surface area is 219 Å². The van der Waals surface area contributed by atoms with Gasteiger partial charge >= 0.3 is 0 Å². The van der Waals surface area contributed by atoms with Crippen molar-refractivity contribution in [3.05, 3.63) is 114 Å². The Hall–Kier alpha value is -3.97. The Bertz CT molecular complexity index is 1290. The van der Waals surface area contributed by atoms with Gasteiger partial charge in [-0.25, -0.2) is 8.78 Å². The number of allylic oxidation sites excluding steroid dienone is 2. The lowest BCUT2D eigenvalue weighted by molar-refractivity contribution is 0.317. The zero-order chi connectivity index (χ0) is 26.9. The highest BCUT2D eigenvalue weighted by molar-refractivity contribution is 5.74. The highest BCUT2D eigenvalue weighted by atomic mass is 19.1. The van der Waals surface area contributed by atoms with Gasteiger partial charge in [-0.15, -0.1) is 0 Å². The fraction of sp³-hybridized carbons (Fsp3) is 0.233. The fourth-order valence-corrected chi connectivity index (χ4v) is 3.81. The molecule has 2 aromatic carbocycles. The Morgan fingerprint density at radius 1 is 1.14 bits per heavy atom. The number of dihydropyridines is 1. The molecule has 0 fully saturated rings. The van der Waals surface area contributed by atoms with Gasteiger partial charge in [-0.3, -0.25) is 9.88 Å². The molecule has 2 N–H and O–H groups in total. The number of aromatic nitrogens is 1. The molecule has 1 aliphatic rings. The molecule has 3 aromatic rings. The number of ether oxygens (including phenoxy) is 1. The van der Waals surface area contributed by atoms with Gasteiger partial charge in [0.15, 0.2) is 0 Å². The van der Waals surface area contributed by atoms with E-state index in [2.05, 4.69) is 33.2 Å². The van der Waals surface area contributed by atoms with Gasteiger partial charge in [0.25, 0.3) is 0 Å². The molecular weight excluding hydrogens is 470 g/mol. The van der Waals surface area contributed by atoms with Crippen LogP contribution in [0.25, 0.3) is 11.3 Å². The van der Waals surface area contributed by atoms with Gasteiger partial charge in [0.2, 0.25) is 0 Å². The van der Waals surface area contributed by atoms with Crippen LogP contribution in [-0.2, 0) is 6.54 Å². The molecule has 0 saturated heterocycles. The highest BCUT2D eigenvalue weighted by Crippen LogP contribution is 2.31. The molecule has 0 amide bonds. The smallest absolute Gasteiger partial charge is 0.131 e. The number of pyridine rings is 1. The molecule has 0 bridgehead atoms. The van der Waals surface area contributed by atoms with Gasteiger partial charge in [-0.2, -0.15) is 0 Å². The van der Waals surface area contributed by atoms with Crippen LogP contribution in [0.5, 0.6) is 11.5 Å². The third kappa shape index (κ3) is 7.27. The van der Waals surface area contributed by atoms with Crippen molar-refractivity contribution in [3.63, 3.8) is 0 Å². The number of halogens is 2. The van der Waals surface area contributed by atoms with Crippen LogP contribution in [0.2, 0.25) is 0 Å². The molecule has 7 heteroatoms. The predicted molar refractivity (Wildman–Crippen MR) is 149 cm³/mol. The summed E-state index contributed by atoms with van der Waals surface area (Å²) in [7, 11) is 4.01. The molecule has 0 saturated carbocycles. The molecule has 196 valence electrons. The van der Waals surface area contributed by atoms with E-state index >= 15 is 0 Å². The number of likely N-dealkylation sites (N-methyl/N-ethyl adjacent to an activating group) is 1. The van der Waals surface area contributed by atoms with Crippen molar-refractivity contribution in [3.8, 4) is 11.5 Å². The minimum Gasteiger partial charge on any atom is -0.457 e. The van der Waals surface area contributed by atoms with Crippen molar-refractivity contribution in [2.24, 2.45) is 0 Å². The van der Waals surface area contributed by atoms with E-state index in [1.165, 1.54) is 12.1 Å². The summed E-state index contributed by atoms with van der Waals surface area (Å²) in [5.74, 6) is 0.131. The first-order valence-electron chi connectivity index (χ1n) is 12.2. The third-order valence-corrected chi connectivity index (χ3v) is 5.72. The molecule has 1 aromatic heterocycles. The van der Waals surface area contributed by atoms with E-state index < -0.39 is 11.6 Å². The van der Waals surface area contributed by atoms with Gasteiger partial charge in [0.1, 0.15) is 23.1 Å². The minimum absolute atomic E-state index is 0. The van der Waals surface area contributed by atoms with E-state index in [0.717, 1.165) is 28.5 Å². The highest BCUT2D eigenvalue weighted by Gasteiger charge is 2.14. The number of benzene rings is 2. The van der Waals surface area contributed by atoms with E-state index in [-0.39, 0.29) is 14.1 Å². The van der Waals surface area contributed by atoms with E-state index in [1.54, 1.807) is 6.20 Å². The third-order valence-electron chi connectivity index (χ3n) is 5.72. The molecule has 1 unspecified atom stereocenters. The minimum atomic E-state index is -0.608. The second-order valence-corrected chi connectivity index (χ2v) is 8.55. The van der Waals surface area contributed by atoms with Crippen LogP contribution in [0.3, 0.4) is 0 Å². The maximum atomic E-state index is 13.5. The van der Waals surface area contributed by atoms with Crippen LogP contribution in [0.15, 0.2) is 79.7 Å². The first-order chi connectivity index (χ1) is 17.8. The molecule has 37 heavy (non-hydrogen) atoms. The standard InChI is InChI=1S/C28H28F2N4O.C2H6.H2/c1-18-25(19(2)33-17-20-12-22(29)15-23(30)13-20)6-5-7-27(18)35-24-9-11-31-26(16-24)21-8-10-32-28(14-21)34(3)4;1-2;/h5-16,28,32-33H,2,17H2,1,3-4H3;1-2H3;1H. The summed E-state index contributed by atoms with van der Waals surface area (Å²) in [5, 5.41) is 6.43. The lowest BCUT2D eigenvalue weighted by Crippen LogP contribution is -2.38. The lowest BCUT2D eigenvalue weighted by atomic mass is 10.0. The van der Waals surface area contributed by atoms with Crippen molar-refractivity contribution in [2.75, 3.05) is 14.1 Å². The molecule has 1 aliphatic heterocycles. The summed E-state index contributed by atoms with van der Waals surface area (Å²) in [4.78, 5) is 6.58. The Kier molecular flexibility index (Phi) is 9.57. The zero-order valence-corrected chi connectivity index (χ0v) is 22.0. The second kappa shape index (κ2) is 12.8. The Morgan fingerprint density at radius 3 is 2.57 bits per heavy atom. The predicted octanol–water partition coefficient (Wildman–Crippen LogP) is 6.88. The number of hydrogen-bond acceptors (Lipinski definition) is 5. The first kappa shape index (κ1) is 27.6. The number of nitrogens with zero attached hydrogens (tertiary/aromatic N) is 2. The Morgan fingerprint density at radius 2 is 1.86 bits per heavy atom. The van der Waals surface area contributed by atoms with Gasteiger partial charge in [-0.05, 0) is 69.2 Å². The van der Waals surface area contributed by atoms with Gasteiger partial charge < -0.3 is 15.4 Å². The fourth-order valence-electron chi connectivity index (χ4n) is 3.81. The van der Waals surface area contributed by atoms with Crippen molar-refractivity contribution in [2.45, 2.75) is 33.5 Å². The molecule has 0 radical (unpaired) electrons. The second-order valence-electron chi connectivity index (χ2n) is 8.55. The van der Waals surface area contributed by atoms with Crippen molar-refractivity contribution >= 4 is 11.3 Å². The van der Waals surface area contributed by atoms with Crippen LogP contribution in [0, 0.1) is 18.6 Å². The maximum absolute atomic E-state index is 13.5. The van der Waals surface area contributed by atoms with Gasteiger partial charge in [0, 0.05) is 48.7 Å². The number of nitrogens with one attached hydrogen (secondary N) is 2. The first-order valence-corrected chi connectivity index (χ1v) is 12.2. The van der Waals surface area contributed by atoms with Crippen molar-refractivity contribution in [1.82, 2.24) is 20.5 Å². The summed E-state index contributed by atoms with van der Waals surface area (Å²) < 4.78 is 33.2. The van der Waals surface area contributed by atoms with E-state index in [0.29, 0.717) is 22.8 Å². The summed E-state index contributed by atoms with van der Waals surface area (Å²) in [6.45, 7) is 10.3. The van der Waals surface area contributed by atoms with E-state index in [9.17, 15) is 8.78 Å². The molecular formula is C30H36F2N4O. The topological polar surface area (TPSA) is 49.4 Å². The largest absolute Gasteiger partial charge is 0.457 e. The average molecular weight is 507 g/mol. The summed E-state index contributed by atoms with van der Waals surface area (Å²) in [6.07, 6.45) is 7.82.